The maximum absolute atomic E-state index is 10.9. The Bertz CT molecular complexity index is 147. The third-order valence-corrected chi connectivity index (χ3v) is 2.09. The minimum absolute atomic E-state index is 0.0750. The standard InChI is InChI=1S/C8H15NO2/c1-7(10)9-5-3-2-4-8(11)6-9/h8,11H,2-6H2,1H3. The third kappa shape index (κ3) is 2.50. The van der Waals surface area contributed by atoms with Crippen molar-refractivity contribution >= 4 is 5.91 Å². The van der Waals surface area contributed by atoms with Gasteiger partial charge in [0.15, 0.2) is 0 Å². The third-order valence-electron chi connectivity index (χ3n) is 2.09. The van der Waals surface area contributed by atoms with Crippen LogP contribution in [0.25, 0.3) is 0 Å². The molecule has 1 amide bonds. The minimum Gasteiger partial charge on any atom is -0.391 e. The Hall–Kier alpha value is -0.570. The summed E-state index contributed by atoms with van der Waals surface area (Å²) in [4.78, 5) is 12.6. The molecule has 1 heterocycles. The van der Waals surface area contributed by atoms with Crippen LogP contribution >= 0.6 is 0 Å². The van der Waals surface area contributed by atoms with E-state index < -0.39 is 0 Å². The molecule has 0 aliphatic carbocycles. The highest BCUT2D eigenvalue weighted by molar-refractivity contribution is 5.73. The van der Waals surface area contributed by atoms with Gasteiger partial charge in [0, 0.05) is 20.0 Å². The van der Waals surface area contributed by atoms with E-state index in [4.69, 9.17) is 0 Å². The topological polar surface area (TPSA) is 40.5 Å². The number of amides is 1. The second-order valence-corrected chi connectivity index (χ2v) is 3.11. The van der Waals surface area contributed by atoms with Gasteiger partial charge in [0.05, 0.1) is 6.10 Å². The van der Waals surface area contributed by atoms with Crippen LogP contribution in [0.5, 0.6) is 0 Å². The number of carbonyl (C=O) groups excluding carboxylic acids is 1. The average Bonchev–Trinajstić information content (AvgIpc) is 2.13. The molecule has 1 N–H and O–H groups in total. The molecule has 0 spiro atoms. The maximum Gasteiger partial charge on any atom is 0.219 e. The fourth-order valence-corrected chi connectivity index (χ4v) is 1.41. The number of nitrogens with zero attached hydrogens (tertiary/aromatic N) is 1. The molecule has 1 fully saturated rings. The molecule has 64 valence electrons. The summed E-state index contributed by atoms with van der Waals surface area (Å²) in [7, 11) is 0. The number of hydrogen-bond donors (Lipinski definition) is 1. The van der Waals surface area contributed by atoms with E-state index in [9.17, 15) is 9.90 Å². The van der Waals surface area contributed by atoms with Gasteiger partial charge in [-0.3, -0.25) is 4.79 Å². The highest BCUT2D eigenvalue weighted by Gasteiger charge is 2.16. The van der Waals surface area contributed by atoms with Gasteiger partial charge in [-0.05, 0) is 19.3 Å². The molecule has 0 bridgehead atoms. The maximum atomic E-state index is 10.9. The lowest BCUT2D eigenvalue weighted by Gasteiger charge is -2.19. The first kappa shape index (κ1) is 8.53. The quantitative estimate of drug-likeness (QED) is 0.552. The summed E-state index contributed by atoms with van der Waals surface area (Å²) in [6.07, 6.45) is 2.59. The molecule has 1 rings (SSSR count). The van der Waals surface area contributed by atoms with Crippen LogP contribution in [-0.2, 0) is 4.79 Å². The predicted molar refractivity (Wildman–Crippen MR) is 42.1 cm³/mol. The van der Waals surface area contributed by atoms with Gasteiger partial charge in [0.25, 0.3) is 0 Å². The highest BCUT2D eigenvalue weighted by atomic mass is 16.3. The van der Waals surface area contributed by atoms with Crippen molar-refractivity contribution in [1.29, 1.82) is 0 Å². The van der Waals surface area contributed by atoms with Crippen molar-refractivity contribution in [3.05, 3.63) is 0 Å². The number of rotatable bonds is 0. The van der Waals surface area contributed by atoms with E-state index in [0.717, 1.165) is 25.8 Å². The molecule has 0 aromatic rings. The van der Waals surface area contributed by atoms with Gasteiger partial charge in [0.1, 0.15) is 0 Å². The molecular formula is C8H15NO2. The van der Waals surface area contributed by atoms with Crippen LogP contribution in [0.4, 0.5) is 0 Å². The zero-order valence-electron chi connectivity index (χ0n) is 6.92. The van der Waals surface area contributed by atoms with Crippen LogP contribution in [0.3, 0.4) is 0 Å². The van der Waals surface area contributed by atoms with E-state index in [0.29, 0.717) is 6.54 Å². The molecule has 0 aromatic heterocycles. The second kappa shape index (κ2) is 3.72. The van der Waals surface area contributed by atoms with Crippen molar-refractivity contribution in [3.8, 4) is 0 Å². The van der Waals surface area contributed by atoms with E-state index in [1.54, 1.807) is 11.8 Å². The molecule has 3 nitrogen and oxygen atoms in total. The fourth-order valence-electron chi connectivity index (χ4n) is 1.41. The van der Waals surface area contributed by atoms with Crippen molar-refractivity contribution in [3.63, 3.8) is 0 Å². The normalized spacial score (nSPS) is 26.4. The van der Waals surface area contributed by atoms with Gasteiger partial charge in [0.2, 0.25) is 5.91 Å². The predicted octanol–water partition coefficient (Wildman–Crippen LogP) is 0.380. The van der Waals surface area contributed by atoms with Gasteiger partial charge in [-0.15, -0.1) is 0 Å². The van der Waals surface area contributed by atoms with Gasteiger partial charge < -0.3 is 10.0 Å². The Balaban J connectivity index is 2.45. The monoisotopic (exact) mass is 157 g/mol. The lowest BCUT2D eigenvalue weighted by Crippen LogP contribution is -2.34. The first-order valence-corrected chi connectivity index (χ1v) is 4.13. The molecule has 0 saturated carbocycles. The van der Waals surface area contributed by atoms with Crippen LogP contribution in [0.2, 0.25) is 0 Å². The fraction of sp³-hybridized carbons (Fsp3) is 0.875. The Kier molecular flexibility index (Phi) is 2.88. The summed E-state index contributed by atoms with van der Waals surface area (Å²) >= 11 is 0. The molecule has 1 aliphatic heterocycles. The number of hydrogen-bond acceptors (Lipinski definition) is 2. The van der Waals surface area contributed by atoms with Crippen LogP contribution in [0, 0.1) is 0 Å². The summed E-state index contributed by atoms with van der Waals surface area (Å²) in [6, 6.07) is 0. The molecule has 0 aromatic carbocycles. The largest absolute Gasteiger partial charge is 0.391 e. The van der Waals surface area contributed by atoms with E-state index in [1.807, 2.05) is 0 Å². The smallest absolute Gasteiger partial charge is 0.219 e. The molecule has 0 radical (unpaired) electrons. The lowest BCUT2D eigenvalue weighted by atomic mass is 10.2. The molecule has 1 unspecified atom stereocenters. The van der Waals surface area contributed by atoms with Crippen molar-refractivity contribution in [2.45, 2.75) is 32.3 Å². The molecule has 1 atom stereocenters. The van der Waals surface area contributed by atoms with Crippen molar-refractivity contribution in [2.24, 2.45) is 0 Å². The lowest BCUT2D eigenvalue weighted by molar-refractivity contribution is -0.129. The van der Waals surface area contributed by atoms with Crippen molar-refractivity contribution < 1.29 is 9.90 Å². The first-order valence-electron chi connectivity index (χ1n) is 4.13. The zero-order valence-corrected chi connectivity index (χ0v) is 6.92. The number of carbonyl (C=O) groups is 1. The highest BCUT2D eigenvalue weighted by Crippen LogP contribution is 2.10. The Morgan fingerprint density at radius 1 is 1.55 bits per heavy atom. The van der Waals surface area contributed by atoms with Crippen LogP contribution in [0.1, 0.15) is 26.2 Å². The second-order valence-electron chi connectivity index (χ2n) is 3.11. The molecule has 3 heteroatoms. The molecule has 1 saturated heterocycles. The van der Waals surface area contributed by atoms with Gasteiger partial charge >= 0.3 is 0 Å². The zero-order chi connectivity index (χ0) is 8.27. The SMILES string of the molecule is CC(=O)N1CCCCC(O)C1. The molecule has 1 aliphatic rings. The number of likely N-dealkylation sites (tertiary alicyclic amines) is 1. The molecular weight excluding hydrogens is 142 g/mol. The van der Waals surface area contributed by atoms with E-state index in [2.05, 4.69) is 0 Å². The van der Waals surface area contributed by atoms with Crippen molar-refractivity contribution in [1.82, 2.24) is 4.90 Å². The minimum atomic E-state index is -0.304. The summed E-state index contributed by atoms with van der Waals surface area (Å²) in [6.45, 7) is 2.89. The molecule has 11 heavy (non-hydrogen) atoms. The Labute approximate surface area is 67.0 Å². The summed E-state index contributed by atoms with van der Waals surface area (Å²) in [5.74, 6) is 0.0750. The Morgan fingerprint density at radius 3 is 2.91 bits per heavy atom. The number of aliphatic hydroxyl groups is 1. The van der Waals surface area contributed by atoms with Crippen LogP contribution in [-0.4, -0.2) is 35.1 Å². The van der Waals surface area contributed by atoms with Crippen LogP contribution < -0.4 is 0 Å². The van der Waals surface area contributed by atoms with E-state index in [1.165, 1.54) is 0 Å². The summed E-state index contributed by atoms with van der Waals surface area (Å²) in [5, 5.41) is 9.31. The average molecular weight is 157 g/mol. The first-order chi connectivity index (χ1) is 5.20. The summed E-state index contributed by atoms with van der Waals surface area (Å²) in [5.41, 5.74) is 0. The van der Waals surface area contributed by atoms with E-state index in [-0.39, 0.29) is 12.0 Å². The van der Waals surface area contributed by atoms with Gasteiger partial charge in [-0.2, -0.15) is 0 Å². The van der Waals surface area contributed by atoms with Crippen molar-refractivity contribution in [2.75, 3.05) is 13.1 Å². The number of aliphatic hydroxyl groups excluding tert-OH is 1. The van der Waals surface area contributed by atoms with E-state index >= 15 is 0 Å². The number of β-amino-alcohol motifs (C(OH)–C–C–N with tert-alkyl or cyclic N) is 1. The summed E-state index contributed by atoms with van der Waals surface area (Å²) < 4.78 is 0. The van der Waals surface area contributed by atoms with Gasteiger partial charge in [-0.25, -0.2) is 0 Å². The Morgan fingerprint density at radius 2 is 2.27 bits per heavy atom. The van der Waals surface area contributed by atoms with Gasteiger partial charge in [-0.1, -0.05) is 0 Å². The van der Waals surface area contributed by atoms with Crippen LogP contribution in [0.15, 0.2) is 0 Å².